The van der Waals surface area contributed by atoms with Crippen LogP contribution in [0.5, 0.6) is 0 Å². The minimum absolute atomic E-state index is 0.291. The quantitative estimate of drug-likeness (QED) is 0.750. The van der Waals surface area contributed by atoms with Crippen molar-refractivity contribution >= 4 is 0 Å². The molecule has 0 bridgehead atoms. The SMILES string of the molecule is CCC1CNC(C)(CC)CN1CCOC. The second kappa shape index (κ2) is 5.83. The molecule has 0 aromatic carbocycles. The monoisotopic (exact) mass is 214 g/mol. The van der Waals surface area contributed by atoms with Crippen molar-refractivity contribution in [3.05, 3.63) is 0 Å². The van der Waals surface area contributed by atoms with Gasteiger partial charge in [-0.2, -0.15) is 0 Å². The Hall–Kier alpha value is -0.120. The average molecular weight is 214 g/mol. The summed E-state index contributed by atoms with van der Waals surface area (Å²) in [4.78, 5) is 2.57. The molecule has 1 heterocycles. The summed E-state index contributed by atoms with van der Waals surface area (Å²) in [5.74, 6) is 0. The lowest BCUT2D eigenvalue weighted by Crippen LogP contribution is -2.62. The largest absolute Gasteiger partial charge is 0.383 e. The second-order valence-electron chi connectivity index (χ2n) is 4.82. The van der Waals surface area contributed by atoms with Gasteiger partial charge in [-0.05, 0) is 19.8 Å². The summed E-state index contributed by atoms with van der Waals surface area (Å²) >= 11 is 0. The minimum atomic E-state index is 0.291. The molecule has 3 heteroatoms. The first-order valence-corrected chi connectivity index (χ1v) is 6.13. The number of rotatable bonds is 5. The van der Waals surface area contributed by atoms with Gasteiger partial charge in [-0.25, -0.2) is 0 Å². The van der Waals surface area contributed by atoms with Gasteiger partial charge in [0.1, 0.15) is 0 Å². The smallest absolute Gasteiger partial charge is 0.0589 e. The normalized spacial score (nSPS) is 33.2. The van der Waals surface area contributed by atoms with E-state index in [1.165, 1.54) is 12.8 Å². The molecule has 2 unspecified atom stereocenters. The van der Waals surface area contributed by atoms with E-state index in [2.05, 4.69) is 31.0 Å². The molecule has 15 heavy (non-hydrogen) atoms. The van der Waals surface area contributed by atoms with Crippen LogP contribution in [0, 0.1) is 0 Å². The van der Waals surface area contributed by atoms with E-state index in [1.807, 2.05) is 0 Å². The first-order valence-electron chi connectivity index (χ1n) is 6.13. The van der Waals surface area contributed by atoms with Crippen LogP contribution in [0.3, 0.4) is 0 Å². The standard InChI is InChI=1S/C12H26N2O/c1-5-11-9-13-12(3,6-2)10-14(11)7-8-15-4/h11,13H,5-10H2,1-4H3. The molecule has 0 spiro atoms. The Labute approximate surface area is 94.2 Å². The molecular formula is C12H26N2O. The van der Waals surface area contributed by atoms with Gasteiger partial charge in [0.05, 0.1) is 6.61 Å². The van der Waals surface area contributed by atoms with Crippen molar-refractivity contribution in [2.45, 2.75) is 45.2 Å². The maximum Gasteiger partial charge on any atom is 0.0589 e. The molecule has 90 valence electrons. The third-order valence-corrected chi connectivity index (χ3v) is 3.67. The highest BCUT2D eigenvalue weighted by atomic mass is 16.5. The highest BCUT2D eigenvalue weighted by Crippen LogP contribution is 2.19. The molecule has 0 amide bonds. The van der Waals surface area contributed by atoms with Crippen LogP contribution < -0.4 is 5.32 Å². The van der Waals surface area contributed by atoms with Crippen molar-refractivity contribution < 1.29 is 4.74 Å². The summed E-state index contributed by atoms with van der Waals surface area (Å²) in [6.07, 6.45) is 2.41. The molecule has 1 rings (SSSR count). The van der Waals surface area contributed by atoms with Gasteiger partial charge in [-0.1, -0.05) is 13.8 Å². The van der Waals surface area contributed by atoms with Crippen LogP contribution in [0.2, 0.25) is 0 Å². The van der Waals surface area contributed by atoms with Gasteiger partial charge < -0.3 is 10.1 Å². The summed E-state index contributed by atoms with van der Waals surface area (Å²) < 4.78 is 5.18. The van der Waals surface area contributed by atoms with Crippen LogP contribution in [-0.2, 0) is 4.74 Å². The number of ether oxygens (including phenoxy) is 1. The Morgan fingerprint density at radius 2 is 2.20 bits per heavy atom. The number of nitrogens with zero attached hydrogens (tertiary/aromatic N) is 1. The number of hydrogen-bond donors (Lipinski definition) is 1. The van der Waals surface area contributed by atoms with Crippen LogP contribution in [0.1, 0.15) is 33.6 Å². The van der Waals surface area contributed by atoms with Crippen molar-refractivity contribution in [2.75, 3.05) is 33.4 Å². The molecule has 0 radical (unpaired) electrons. The molecular weight excluding hydrogens is 188 g/mol. The fraction of sp³-hybridized carbons (Fsp3) is 1.00. The lowest BCUT2D eigenvalue weighted by Gasteiger charge is -2.45. The first kappa shape index (κ1) is 12.9. The Morgan fingerprint density at radius 3 is 2.73 bits per heavy atom. The Kier molecular flexibility index (Phi) is 5.03. The van der Waals surface area contributed by atoms with Crippen LogP contribution >= 0.6 is 0 Å². The summed E-state index contributed by atoms with van der Waals surface area (Å²) in [6.45, 7) is 11.0. The molecule has 2 atom stereocenters. The molecule has 1 fully saturated rings. The van der Waals surface area contributed by atoms with E-state index in [0.29, 0.717) is 11.6 Å². The van der Waals surface area contributed by atoms with Gasteiger partial charge in [-0.15, -0.1) is 0 Å². The van der Waals surface area contributed by atoms with Gasteiger partial charge in [0.25, 0.3) is 0 Å². The zero-order chi connectivity index (χ0) is 11.3. The second-order valence-corrected chi connectivity index (χ2v) is 4.82. The summed E-state index contributed by atoms with van der Waals surface area (Å²) in [7, 11) is 1.78. The van der Waals surface area contributed by atoms with Crippen LogP contribution in [0.4, 0.5) is 0 Å². The summed E-state index contributed by atoms with van der Waals surface area (Å²) in [5.41, 5.74) is 0.291. The predicted octanol–water partition coefficient (Wildman–Crippen LogP) is 1.49. The van der Waals surface area contributed by atoms with Crippen LogP contribution in [0.15, 0.2) is 0 Å². The van der Waals surface area contributed by atoms with Crippen molar-refractivity contribution in [3.8, 4) is 0 Å². The fourth-order valence-electron chi connectivity index (χ4n) is 2.24. The molecule has 1 saturated heterocycles. The Bertz CT molecular complexity index is 186. The van der Waals surface area contributed by atoms with Gasteiger partial charge in [0.15, 0.2) is 0 Å². The molecule has 0 aliphatic carbocycles. The fourth-order valence-corrected chi connectivity index (χ4v) is 2.24. The topological polar surface area (TPSA) is 24.5 Å². The summed E-state index contributed by atoms with van der Waals surface area (Å²) in [6, 6.07) is 0.680. The van der Waals surface area contributed by atoms with Crippen LogP contribution in [-0.4, -0.2) is 49.8 Å². The molecule has 1 aliphatic heterocycles. The lowest BCUT2D eigenvalue weighted by atomic mass is 9.93. The van der Waals surface area contributed by atoms with Gasteiger partial charge in [-0.3, -0.25) is 4.90 Å². The maximum atomic E-state index is 5.18. The summed E-state index contributed by atoms with van der Waals surface area (Å²) in [5, 5.41) is 3.67. The third kappa shape index (κ3) is 3.44. The number of methoxy groups -OCH3 is 1. The van der Waals surface area contributed by atoms with E-state index < -0.39 is 0 Å². The molecule has 1 aliphatic rings. The predicted molar refractivity (Wildman–Crippen MR) is 64.2 cm³/mol. The number of piperazine rings is 1. The van der Waals surface area contributed by atoms with Crippen molar-refractivity contribution in [1.82, 2.24) is 10.2 Å². The zero-order valence-corrected chi connectivity index (χ0v) is 10.7. The van der Waals surface area contributed by atoms with Crippen molar-refractivity contribution in [1.29, 1.82) is 0 Å². The van der Waals surface area contributed by atoms with Crippen LogP contribution in [0.25, 0.3) is 0 Å². The molecule has 1 N–H and O–H groups in total. The highest BCUT2D eigenvalue weighted by molar-refractivity contribution is 4.93. The molecule has 0 aromatic heterocycles. The zero-order valence-electron chi connectivity index (χ0n) is 10.7. The van der Waals surface area contributed by atoms with E-state index in [-0.39, 0.29) is 0 Å². The third-order valence-electron chi connectivity index (χ3n) is 3.67. The number of nitrogens with one attached hydrogen (secondary N) is 1. The average Bonchev–Trinajstić information content (AvgIpc) is 2.26. The maximum absolute atomic E-state index is 5.18. The van der Waals surface area contributed by atoms with Gasteiger partial charge in [0, 0.05) is 38.3 Å². The minimum Gasteiger partial charge on any atom is -0.383 e. The first-order chi connectivity index (χ1) is 7.15. The molecule has 0 saturated carbocycles. The highest BCUT2D eigenvalue weighted by Gasteiger charge is 2.33. The Balaban J connectivity index is 2.52. The molecule has 0 aromatic rings. The number of hydrogen-bond acceptors (Lipinski definition) is 3. The van der Waals surface area contributed by atoms with Gasteiger partial charge >= 0.3 is 0 Å². The van der Waals surface area contributed by atoms with Crippen molar-refractivity contribution in [3.63, 3.8) is 0 Å². The van der Waals surface area contributed by atoms with E-state index in [0.717, 1.165) is 26.2 Å². The van der Waals surface area contributed by atoms with E-state index in [4.69, 9.17) is 4.74 Å². The van der Waals surface area contributed by atoms with Crippen molar-refractivity contribution in [2.24, 2.45) is 0 Å². The van der Waals surface area contributed by atoms with E-state index >= 15 is 0 Å². The Morgan fingerprint density at radius 1 is 1.47 bits per heavy atom. The van der Waals surface area contributed by atoms with E-state index in [1.54, 1.807) is 7.11 Å². The van der Waals surface area contributed by atoms with E-state index in [9.17, 15) is 0 Å². The van der Waals surface area contributed by atoms with Gasteiger partial charge in [0.2, 0.25) is 0 Å². The molecule has 3 nitrogen and oxygen atoms in total. The lowest BCUT2D eigenvalue weighted by molar-refractivity contribution is 0.0555.